The van der Waals surface area contributed by atoms with Crippen LogP contribution in [-0.2, 0) is 6.54 Å². The van der Waals surface area contributed by atoms with E-state index in [-0.39, 0.29) is 17.0 Å². The van der Waals surface area contributed by atoms with Gasteiger partial charge in [-0.2, -0.15) is 0 Å². The average Bonchev–Trinajstić information content (AvgIpc) is 2.93. The van der Waals surface area contributed by atoms with E-state index in [1.807, 2.05) is 0 Å². The number of hydrogen-bond donors (Lipinski definition) is 2. The van der Waals surface area contributed by atoms with Crippen LogP contribution in [0.4, 0.5) is 0 Å². The highest BCUT2D eigenvalue weighted by Gasteiger charge is 2.11. The Morgan fingerprint density at radius 2 is 2.11 bits per heavy atom. The molecule has 1 aliphatic heterocycles. The lowest BCUT2D eigenvalue weighted by Crippen LogP contribution is -2.30. The minimum Gasteiger partial charge on any atom is -0.409 e. The Kier molecular flexibility index (Phi) is 4.57. The molecule has 104 valence electrons. The molecule has 1 fully saturated rings. The Morgan fingerprint density at radius 1 is 1.37 bits per heavy atom. The summed E-state index contributed by atoms with van der Waals surface area (Å²) in [5.41, 5.74) is 5.50. The molecule has 0 aromatic carbocycles. The van der Waals surface area contributed by atoms with Crippen LogP contribution in [0.5, 0.6) is 0 Å². The zero-order chi connectivity index (χ0) is 13.7. The number of aromatic nitrogens is 1. The van der Waals surface area contributed by atoms with E-state index >= 15 is 0 Å². The van der Waals surface area contributed by atoms with Gasteiger partial charge in [0.05, 0.1) is 5.56 Å². The first-order valence-electron chi connectivity index (χ1n) is 6.62. The van der Waals surface area contributed by atoms with Gasteiger partial charge in [0.1, 0.15) is 0 Å². The molecular formula is C13H20N4O2. The molecular weight excluding hydrogens is 244 g/mol. The molecule has 0 atom stereocenters. The van der Waals surface area contributed by atoms with E-state index < -0.39 is 0 Å². The molecule has 0 saturated carbocycles. The summed E-state index contributed by atoms with van der Waals surface area (Å²) in [6, 6.07) is 3.30. The highest BCUT2D eigenvalue weighted by Crippen LogP contribution is 2.07. The van der Waals surface area contributed by atoms with Gasteiger partial charge in [0.25, 0.3) is 5.56 Å². The highest BCUT2D eigenvalue weighted by atomic mass is 16.4. The minimum atomic E-state index is -0.209. The summed E-state index contributed by atoms with van der Waals surface area (Å²) in [6.07, 6.45) is 5.22. The van der Waals surface area contributed by atoms with Crippen molar-refractivity contribution >= 4 is 5.84 Å². The second-order valence-electron chi connectivity index (χ2n) is 4.81. The lowest BCUT2D eigenvalue weighted by molar-refractivity contribution is 0.318. The molecule has 0 unspecified atom stereocenters. The van der Waals surface area contributed by atoms with E-state index in [0.717, 1.165) is 13.0 Å². The smallest absolute Gasteiger partial charge is 0.261 e. The van der Waals surface area contributed by atoms with Crippen molar-refractivity contribution in [1.29, 1.82) is 0 Å². The van der Waals surface area contributed by atoms with Crippen LogP contribution < -0.4 is 11.3 Å². The molecule has 0 aliphatic carbocycles. The summed E-state index contributed by atoms with van der Waals surface area (Å²) >= 11 is 0. The van der Waals surface area contributed by atoms with Gasteiger partial charge in [-0.05, 0) is 51.0 Å². The van der Waals surface area contributed by atoms with Crippen molar-refractivity contribution in [3.63, 3.8) is 0 Å². The fraction of sp³-hybridized carbons (Fsp3) is 0.538. The molecule has 1 aliphatic rings. The van der Waals surface area contributed by atoms with E-state index in [9.17, 15) is 4.79 Å². The number of nitrogens with two attached hydrogens (primary N) is 1. The molecule has 1 aromatic heterocycles. The Labute approximate surface area is 112 Å². The molecule has 19 heavy (non-hydrogen) atoms. The SMILES string of the molecule is N/C(=N/O)c1cccn(CCCN2CCCC2)c1=O. The topological polar surface area (TPSA) is 83.8 Å². The number of hydrogen-bond acceptors (Lipinski definition) is 4. The standard InChI is InChI=1S/C13H20N4O2/c14-12(15-19)11-5-3-9-17(13(11)18)10-4-8-16-6-1-2-7-16/h3,5,9,19H,1-2,4,6-8,10H2,(H2,14,15). The molecule has 6 nitrogen and oxygen atoms in total. The number of pyridine rings is 1. The third-order valence-electron chi connectivity index (χ3n) is 3.48. The number of likely N-dealkylation sites (tertiary alicyclic amines) is 1. The maximum absolute atomic E-state index is 12.1. The number of oxime groups is 1. The monoisotopic (exact) mass is 264 g/mol. The van der Waals surface area contributed by atoms with E-state index in [1.165, 1.54) is 25.9 Å². The summed E-state index contributed by atoms with van der Waals surface area (Å²) in [5, 5.41) is 11.5. The average molecular weight is 264 g/mol. The lowest BCUT2D eigenvalue weighted by Gasteiger charge is -2.14. The Balaban J connectivity index is 1.98. The van der Waals surface area contributed by atoms with Gasteiger partial charge in [-0.15, -0.1) is 0 Å². The molecule has 0 bridgehead atoms. The van der Waals surface area contributed by atoms with Crippen LogP contribution >= 0.6 is 0 Å². The molecule has 3 N–H and O–H groups in total. The van der Waals surface area contributed by atoms with Gasteiger partial charge < -0.3 is 20.4 Å². The maximum atomic E-state index is 12.1. The second-order valence-corrected chi connectivity index (χ2v) is 4.81. The van der Waals surface area contributed by atoms with Gasteiger partial charge in [0.2, 0.25) is 0 Å². The normalized spacial score (nSPS) is 16.9. The minimum absolute atomic E-state index is 0.140. The van der Waals surface area contributed by atoms with Crippen molar-refractivity contribution in [2.45, 2.75) is 25.8 Å². The van der Waals surface area contributed by atoms with Crippen LogP contribution in [0.2, 0.25) is 0 Å². The molecule has 1 saturated heterocycles. The van der Waals surface area contributed by atoms with Gasteiger partial charge in [0, 0.05) is 12.7 Å². The summed E-state index contributed by atoms with van der Waals surface area (Å²) < 4.78 is 1.61. The predicted molar refractivity (Wildman–Crippen MR) is 73.5 cm³/mol. The van der Waals surface area contributed by atoms with Gasteiger partial charge >= 0.3 is 0 Å². The zero-order valence-corrected chi connectivity index (χ0v) is 11.0. The molecule has 1 aromatic rings. The van der Waals surface area contributed by atoms with E-state index in [1.54, 1.807) is 22.9 Å². The van der Waals surface area contributed by atoms with E-state index in [4.69, 9.17) is 10.9 Å². The van der Waals surface area contributed by atoms with E-state index in [2.05, 4.69) is 10.1 Å². The molecule has 0 radical (unpaired) electrons. The Morgan fingerprint density at radius 3 is 2.79 bits per heavy atom. The van der Waals surface area contributed by atoms with Gasteiger partial charge in [-0.1, -0.05) is 5.16 Å². The van der Waals surface area contributed by atoms with Crippen molar-refractivity contribution in [2.75, 3.05) is 19.6 Å². The maximum Gasteiger partial charge on any atom is 0.261 e. The van der Waals surface area contributed by atoms with Gasteiger partial charge in [-0.25, -0.2) is 0 Å². The third kappa shape index (κ3) is 3.35. The molecule has 0 spiro atoms. The van der Waals surface area contributed by atoms with E-state index in [0.29, 0.717) is 6.54 Å². The highest BCUT2D eigenvalue weighted by molar-refractivity contribution is 5.96. The van der Waals surface area contributed by atoms with Gasteiger partial charge in [-0.3, -0.25) is 4.79 Å². The predicted octanol–water partition coefficient (Wildman–Crippen LogP) is 0.429. The van der Waals surface area contributed by atoms with Crippen molar-refractivity contribution in [3.05, 3.63) is 34.2 Å². The molecule has 0 amide bonds. The lowest BCUT2D eigenvalue weighted by atomic mass is 10.2. The third-order valence-corrected chi connectivity index (χ3v) is 3.48. The van der Waals surface area contributed by atoms with Crippen LogP contribution in [0, 0.1) is 0 Å². The van der Waals surface area contributed by atoms with Crippen molar-refractivity contribution in [1.82, 2.24) is 9.47 Å². The fourth-order valence-corrected chi connectivity index (χ4v) is 2.43. The Bertz CT molecular complexity index is 504. The molecule has 2 rings (SSSR count). The number of nitrogens with zero attached hydrogens (tertiary/aromatic N) is 3. The van der Waals surface area contributed by atoms with Crippen LogP contribution in [0.25, 0.3) is 0 Å². The summed E-state index contributed by atoms with van der Waals surface area (Å²) in [6.45, 7) is 4.00. The van der Waals surface area contributed by atoms with Crippen molar-refractivity contribution in [2.24, 2.45) is 10.9 Å². The first kappa shape index (κ1) is 13.6. The van der Waals surface area contributed by atoms with Crippen LogP contribution in [-0.4, -0.2) is 40.1 Å². The van der Waals surface area contributed by atoms with Crippen molar-refractivity contribution in [3.8, 4) is 0 Å². The summed E-state index contributed by atoms with van der Waals surface area (Å²) in [7, 11) is 0. The molecule has 2 heterocycles. The second kappa shape index (κ2) is 6.38. The van der Waals surface area contributed by atoms with Crippen LogP contribution in [0.3, 0.4) is 0 Å². The Hall–Kier alpha value is -1.82. The van der Waals surface area contributed by atoms with Gasteiger partial charge in [0.15, 0.2) is 5.84 Å². The summed E-state index contributed by atoms with van der Waals surface area (Å²) in [5.74, 6) is -0.140. The molecule has 6 heteroatoms. The fourth-order valence-electron chi connectivity index (χ4n) is 2.43. The number of amidine groups is 1. The number of rotatable bonds is 5. The first-order chi connectivity index (χ1) is 9.22. The van der Waals surface area contributed by atoms with Crippen molar-refractivity contribution < 1.29 is 5.21 Å². The summed E-state index contributed by atoms with van der Waals surface area (Å²) in [4.78, 5) is 14.5. The number of aryl methyl sites for hydroxylation is 1. The van der Waals surface area contributed by atoms with Crippen LogP contribution in [0.15, 0.2) is 28.3 Å². The quantitative estimate of drug-likeness (QED) is 0.349. The largest absolute Gasteiger partial charge is 0.409 e. The zero-order valence-electron chi connectivity index (χ0n) is 11.0. The first-order valence-corrected chi connectivity index (χ1v) is 6.62. The van der Waals surface area contributed by atoms with Crippen LogP contribution in [0.1, 0.15) is 24.8 Å².